The van der Waals surface area contributed by atoms with Crippen LogP contribution in [0.2, 0.25) is 0 Å². The second-order valence-corrected chi connectivity index (χ2v) is 17.1. The van der Waals surface area contributed by atoms with Gasteiger partial charge in [-0.15, -0.1) is 0 Å². The maximum absolute atomic E-state index is 15.5. The molecule has 6 nitrogen and oxygen atoms in total. The lowest BCUT2D eigenvalue weighted by atomic mass is 9.88. The molecule has 0 bridgehead atoms. The first-order valence-corrected chi connectivity index (χ1v) is 21.1. The Bertz CT molecular complexity index is 2960. The minimum Gasteiger partial charge on any atom is -0.378 e. The van der Waals surface area contributed by atoms with Crippen LogP contribution >= 0.6 is 0 Å². The van der Waals surface area contributed by atoms with E-state index < -0.39 is 20.2 Å². The molecule has 1 N–H and O–H groups in total. The highest BCUT2D eigenvalue weighted by Gasteiger charge is 2.33. The fourth-order valence-corrected chi connectivity index (χ4v) is 10.6. The largest absolute Gasteiger partial charge is 0.378 e. The van der Waals surface area contributed by atoms with Crippen molar-refractivity contribution in [3.63, 3.8) is 0 Å². The number of aryl methyl sites for hydroxylation is 1. The van der Waals surface area contributed by atoms with Crippen LogP contribution in [-0.4, -0.2) is 21.4 Å². The van der Waals surface area contributed by atoms with E-state index in [-0.39, 0.29) is 15.5 Å². The van der Waals surface area contributed by atoms with E-state index >= 15 is 8.42 Å². The Labute approximate surface area is 320 Å². The van der Waals surface area contributed by atoms with E-state index in [1.165, 1.54) is 6.07 Å². The minimum absolute atomic E-state index is 0.00649. The zero-order valence-corrected chi connectivity index (χ0v) is 31.6. The van der Waals surface area contributed by atoms with Crippen molar-refractivity contribution < 1.29 is 25.6 Å². The van der Waals surface area contributed by atoms with Crippen molar-refractivity contribution >= 4 is 52.6 Å². The van der Waals surface area contributed by atoms with Gasteiger partial charge in [-0.25, -0.2) is 0 Å². The molecule has 0 unspecified atom stereocenters. The van der Waals surface area contributed by atoms with Gasteiger partial charge in [-0.2, -0.15) is 16.8 Å². The lowest BCUT2D eigenvalue weighted by Crippen LogP contribution is -2.18. The lowest BCUT2D eigenvalue weighted by Gasteiger charge is -2.25. The molecule has 0 aromatic heterocycles. The van der Waals surface area contributed by atoms with Crippen LogP contribution in [0, 0.1) is 6.92 Å². The van der Waals surface area contributed by atoms with Crippen LogP contribution in [0.3, 0.4) is 0 Å². The van der Waals surface area contributed by atoms with Crippen molar-refractivity contribution in [2.45, 2.75) is 42.4 Å². The van der Waals surface area contributed by atoms with Crippen molar-refractivity contribution in [1.82, 2.24) is 0 Å². The van der Waals surface area contributed by atoms with Crippen LogP contribution in [0.15, 0.2) is 155 Å². The average molecular weight is 761 g/mol. The number of hydrogen-bond donors (Lipinski definition) is 1. The van der Waals surface area contributed by atoms with Gasteiger partial charge in [0, 0.05) is 16.7 Å². The number of benzene rings is 8. The Hall–Kier alpha value is -5.80. The monoisotopic (exact) mass is 760 g/mol. The third-order valence-corrected chi connectivity index (χ3v) is 13.1. The van der Waals surface area contributed by atoms with Crippen LogP contribution in [0.5, 0.6) is 5.75 Å². The summed E-state index contributed by atoms with van der Waals surface area (Å²) in [5.74, 6) is 0.105. The number of fused-ring (bicyclic) bond motifs is 4. The summed E-state index contributed by atoms with van der Waals surface area (Å²) in [5.41, 5.74) is 5.41. The van der Waals surface area contributed by atoms with Crippen LogP contribution in [0.1, 0.15) is 29.5 Å². The van der Waals surface area contributed by atoms with Gasteiger partial charge in [0.15, 0.2) is 0 Å². The minimum atomic E-state index is -4.67. The molecular weight excluding hydrogens is 725 g/mol. The van der Waals surface area contributed by atoms with Crippen LogP contribution < -0.4 is 4.18 Å². The normalized spacial score (nSPS) is 13.3. The molecule has 0 saturated heterocycles. The molecule has 8 heteroatoms. The van der Waals surface area contributed by atoms with E-state index in [9.17, 15) is 13.0 Å². The molecule has 0 atom stereocenters. The quantitative estimate of drug-likeness (QED) is 0.128. The topological polar surface area (TPSA) is 97.7 Å². The average Bonchev–Trinajstić information content (AvgIpc) is 3.20. The van der Waals surface area contributed by atoms with Crippen LogP contribution in [0.4, 0.5) is 0 Å². The van der Waals surface area contributed by atoms with Gasteiger partial charge in [0.05, 0.1) is 4.90 Å². The zero-order valence-electron chi connectivity index (χ0n) is 30.0. The zero-order chi connectivity index (χ0) is 37.9. The van der Waals surface area contributed by atoms with Crippen LogP contribution in [0.25, 0.3) is 65.7 Å². The van der Waals surface area contributed by atoms with Crippen LogP contribution in [-0.2, 0) is 33.1 Å². The Morgan fingerprint density at radius 3 is 1.45 bits per heavy atom. The molecule has 0 spiro atoms. The van der Waals surface area contributed by atoms with Crippen molar-refractivity contribution in [1.29, 1.82) is 0 Å². The summed E-state index contributed by atoms with van der Waals surface area (Å²) < 4.78 is 72.5. The summed E-state index contributed by atoms with van der Waals surface area (Å²) in [5, 5.41) is 5.77. The Kier molecular flexibility index (Phi) is 8.57. The van der Waals surface area contributed by atoms with Crippen molar-refractivity contribution in [3.05, 3.63) is 162 Å². The Balaban J connectivity index is 1.40. The fourth-order valence-electron chi connectivity index (χ4n) is 8.36. The summed E-state index contributed by atoms with van der Waals surface area (Å²) >= 11 is 0. The van der Waals surface area contributed by atoms with Gasteiger partial charge in [0.1, 0.15) is 10.6 Å². The molecule has 1 aliphatic rings. The third kappa shape index (κ3) is 6.16. The molecule has 272 valence electrons. The predicted octanol–water partition coefficient (Wildman–Crippen LogP) is 11.3. The third-order valence-electron chi connectivity index (χ3n) is 10.8. The summed E-state index contributed by atoms with van der Waals surface area (Å²) in [7, 11) is -9.22. The van der Waals surface area contributed by atoms with E-state index in [0.717, 1.165) is 61.0 Å². The van der Waals surface area contributed by atoms with Gasteiger partial charge in [-0.3, -0.25) is 4.55 Å². The maximum atomic E-state index is 15.5. The molecule has 0 heterocycles. The molecule has 0 aliphatic heterocycles. The van der Waals surface area contributed by atoms with E-state index in [1.54, 1.807) is 6.92 Å². The van der Waals surface area contributed by atoms with E-state index in [0.29, 0.717) is 47.1 Å². The van der Waals surface area contributed by atoms with Gasteiger partial charge in [0.25, 0.3) is 10.1 Å². The van der Waals surface area contributed by atoms with Gasteiger partial charge < -0.3 is 4.18 Å². The number of rotatable bonds is 7. The van der Waals surface area contributed by atoms with Gasteiger partial charge in [0.2, 0.25) is 0 Å². The molecule has 0 fully saturated rings. The first kappa shape index (κ1) is 34.9. The maximum Gasteiger partial charge on any atom is 0.340 e. The number of hydrogen-bond acceptors (Lipinski definition) is 5. The van der Waals surface area contributed by atoms with Gasteiger partial charge >= 0.3 is 10.1 Å². The molecule has 9 rings (SSSR count). The fraction of sp³-hybridized carbons (Fsp3) is 0.106. The van der Waals surface area contributed by atoms with E-state index in [2.05, 4.69) is 24.3 Å². The summed E-state index contributed by atoms with van der Waals surface area (Å²) in [6, 6.07) is 47.2. The molecule has 0 amide bonds. The van der Waals surface area contributed by atoms with Gasteiger partial charge in [-0.05, 0) is 117 Å². The SMILES string of the molecule is Cc1cc(S(=O)(=O)O)c2c(c1OS(=O)(=O)c1c(-c3cccc4ccccc34)cc(-c3cccc4ccccc34)cc1-c1cccc3ccccc13)CCCC2. The van der Waals surface area contributed by atoms with E-state index in [1.807, 2.05) is 115 Å². The molecule has 1 aliphatic carbocycles. The second kappa shape index (κ2) is 13.5. The molecule has 0 saturated carbocycles. The predicted molar refractivity (Wildman–Crippen MR) is 221 cm³/mol. The van der Waals surface area contributed by atoms with E-state index in [4.69, 9.17) is 4.18 Å². The van der Waals surface area contributed by atoms with Crippen molar-refractivity contribution in [3.8, 4) is 39.1 Å². The first-order valence-electron chi connectivity index (χ1n) is 18.3. The molecule has 0 radical (unpaired) electrons. The summed E-state index contributed by atoms with van der Waals surface area (Å²) in [6.45, 7) is 1.62. The summed E-state index contributed by atoms with van der Waals surface area (Å²) in [4.78, 5) is -0.191. The second-order valence-electron chi connectivity index (χ2n) is 14.2. The molecular formula is C47H36O6S2. The van der Waals surface area contributed by atoms with Gasteiger partial charge in [-0.1, -0.05) is 127 Å². The highest BCUT2D eigenvalue weighted by molar-refractivity contribution is 7.87. The first-order chi connectivity index (χ1) is 26.6. The Morgan fingerprint density at radius 1 is 0.509 bits per heavy atom. The highest BCUT2D eigenvalue weighted by atomic mass is 32.2. The standard InChI is InChI=1S/C47H36O6S2/c1-30-27-45(54(48,49)50)41-22-8-9-23-42(41)46(30)53-55(51,52)47-43(39-25-11-17-32-14-3-6-20-36(32)39)28-34(38-24-10-16-31-13-2-5-19-35(31)38)29-44(47)40-26-12-18-33-15-4-7-21-37(33)40/h2-7,10-21,24-29H,8-9,22-23H2,1H3,(H,48,49,50). The Morgan fingerprint density at radius 2 is 0.945 bits per heavy atom. The smallest absolute Gasteiger partial charge is 0.340 e. The summed E-state index contributed by atoms with van der Waals surface area (Å²) in [6.07, 6.45) is 2.22. The molecule has 8 aromatic rings. The molecule has 55 heavy (non-hydrogen) atoms. The highest BCUT2D eigenvalue weighted by Crippen LogP contribution is 2.47. The van der Waals surface area contributed by atoms with Crippen molar-refractivity contribution in [2.75, 3.05) is 0 Å². The lowest BCUT2D eigenvalue weighted by molar-refractivity contribution is 0.473. The van der Waals surface area contributed by atoms with Crippen molar-refractivity contribution in [2.24, 2.45) is 0 Å². The molecule has 8 aromatic carbocycles.